The Kier molecular flexibility index (Phi) is 9.41. The lowest BCUT2D eigenvalue weighted by molar-refractivity contribution is -0.706. The van der Waals surface area contributed by atoms with Gasteiger partial charge in [0.15, 0.2) is 0 Å². The van der Waals surface area contributed by atoms with E-state index in [0.29, 0.717) is 23.8 Å². The van der Waals surface area contributed by atoms with Crippen molar-refractivity contribution in [2.24, 2.45) is 64.2 Å². The Bertz CT molecular complexity index is 1590. The number of ketones is 1. The lowest BCUT2D eigenvalue weighted by Gasteiger charge is -2.61. The Balaban J connectivity index is 1.26. The number of Topliss-reactive ketones (excluding diaryl/α,β-unsaturated/α-hetero) is 1. The lowest BCUT2D eigenvalue weighted by atomic mass is 9.57. The number of fused-ring (bicyclic) bond motifs is 8. The highest BCUT2D eigenvalue weighted by atomic mass is 16.6. The standard InChI is InChI=1S/C42H62N4O7/c1-4-20(2)40(50)52-31-16-25-36(49)35-30(48)15-24(19-47)51-38(35)26-11-21-7-10-45-39(44)33(21)27-17-42(8-5-6-9-42)29-12-22-14-32(43)46-18-23(22)13-28(34(27)29)41(31,3)53-37(25)26/h4,17,21-26,28,31-33,35-39,45-47,49H,5-16,18-19,43-44H2,1-3H3/p+1. The number of nitrogens with one attached hydrogen (secondary N) is 1. The van der Waals surface area contributed by atoms with Gasteiger partial charge in [-0.3, -0.25) is 10.5 Å². The lowest BCUT2D eigenvalue weighted by Crippen LogP contribution is -2.96. The summed E-state index contributed by atoms with van der Waals surface area (Å²) in [5, 5.41) is 28.5. The maximum atomic E-state index is 13.9. The molecule has 5 saturated heterocycles. The van der Waals surface area contributed by atoms with Gasteiger partial charge in [-0.2, -0.15) is 0 Å². The fourth-order valence-electron chi connectivity index (χ4n) is 13.5. The number of aliphatic hydroxyl groups excluding tert-OH is 2. The van der Waals surface area contributed by atoms with Gasteiger partial charge in [-0.25, -0.2) is 4.79 Å². The zero-order chi connectivity index (χ0) is 37.0. The SMILES string of the molecule is CC=C(C)C(=O)OC1CC2C(O)C3C(=O)CC(CO)OC3C3CC4CCNC(N)C4C4=CC5(CCCC5)C5=C4C(CC4C[NH2+]C(N)CC4C5)C1(C)OC23. The summed E-state index contributed by atoms with van der Waals surface area (Å²) < 4.78 is 21.0. The molecule has 53 heavy (non-hydrogen) atoms. The van der Waals surface area contributed by atoms with Gasteiger partial charge in [0.05, 0.1) is 49.7 Å². The van der Waals surface area contributed by atoms with E-state index in [1.165, 1.54) is 24.0 Å². The number of ether oxygens (including phenoxy) is 3. The maximum Gasteiger partial charge on any atom is 0.333 e. The highest BCUT2D eigenvalue weighted by Crippen LogP contribution is 2.64. The second-order valence-corrected chi connectivity index (χ2v) is 18.8. The first kappa shape index (κ1) is 36.7. The van der Waals surface area contributed by atoms with Crippen LogP contribution in [-0.4, -0.2) is 90.1 Å². The van der Waals surface area contributed by atoms with E-state index in [9.17, 15) is 19.8 Å². The molecule has 9 N–H and O–H groups in total. The number of nitrogens with two attached hydrogens (primary N) is 3. The average molecular weight is 736 g/mol. The van der Waals surface area contributed by atoms with Crippen LogP contribution in [0.2, 0.25) is 0 Å². The molecule has 5 heterocycles. The molecule has 0 radical (unpaired) electrons. The van der Waals surface area contributed by atoms with Crippen molar-refractivity contribution in [1.82, 2.24) is 5.32 Å². The van der Waals surface area contributed by atoms with Crippen LogP contribution in [0.25, 0.3) is 0 Å². The highest BCUT2D eigenvalue weighted by Gasteiger charge is 2.66. The Morgan fingerprint density at radius 2 is 1.87 bits per heavy atom. The summed E-state index contributed by atoms with van der Waals surface area (Å²) in [6.45, 7) is 7.34. The normalized spacial score (nSPS) is 48.9. The van der Waals surface area contributed by atoms with E-state index in [1.54, 1.807) is 18.6 Å². The van der Waals surface area contributed by atoms with Crippen molar-refractivity contribution in [2.45, 2.75) is 140 Å². The van der Waals surface area contributed by atoms with Crippen LogP contribution in [0.5, 0.6) is 0 Å². The van der Waals surface area contributed by atoms with E-state index in [-0.39, 0.29) is 66.2 Å². The smallest absolute Gasteiger partial charge is 0.333 e. The molecular weight excluding hydrogens is 672 g/mol. The Morgan fingerprint density at radius 3 is 2.62 bits per heavy atom. The molecule has 2 bridgehead atoms. The third kappa shape index (κ3) is 5.72. The quantitative estimate of drug-likeness (QED) is 0.185. The van der Waals surface area contributed by atoms with Crippen molar-refractivity contribution < 1.29 is 39.3 Å². The van der Waals surface area contributed by atoms with E-state index < -0.39 is 48.0 Å². The minimum atomic E-state index is -1.01. The summed E-state index contributed by atoms with van der Waals surface area (Å²) in [5.74, 6) is -0.717. The van der Waals surface area contributed by atoms with Gasteiger partial charge in [0.1, 0.15) is 23.7 Å². The zero-order valence-electron chi connectivity index (χ0n) is 31.9. The fraction of sp³-hybridized carbons (Fsp3) is 0.810. The van der Waals surface area contributed by atoms with Gasteiger partial charge < -0.3 is 40.8 Å². The minimum Gasteiger partial charge on any atom is -0.456 e. The Hall–Kier alpha value is -1.96. The van der Waals surface area contributed by atoms with Crippen LogP contribution in [0.15, 0.2) is 34.4 Å². The molecule has 1 spiro atoms. The number of hydrogen-bond donors (Lipinski definition) is 6. The number of quaternary nitrogens is 1. The molecule has 292 valence electrons. The van der Waals surface area contributed by atoms with Crippen molar-refractivity contribution in [3.05, 3.63) is 34.4 Å². The van der Waals surface area contributed by atoms with Gasteiger partial charge in [-0.05, 0) is 95.2 Å². The van der Waals surface area contributed by atoms with Gasteiger partial charge in [0.25, 0.3) is 0 Å². The third-order valence-corrected chi connectivity index (χ3v) is 16.2. The van der Waals surface area contributed by atoms with E-state index in [2.05, 4.69) is 23.6 Å². The zero-order valence-corrected chi connectivity index (χ0v) is 31.9. The molecule has 0 amide bonds. The molecule has 0 aromatic carbocycles. The third-order valence-electron chi connectivity index (χ3n) is 16.2. The van der Waals surface area contributed by atoms with E-state index in [4.69, 9.17) is 25.7 Å². The molecule has 11 nitrogen and oxygen atoms in total. The minimum absolute atomic E-state index is 0.0125. The molecule has 11 heteroatoms. The Labute approximate surface area is 314 Å². The van der Waals surface area contributed by atoms with E-state index in [0.717, 1.165) is 58.0 Å². The van der Waals surface area contributed by atoms with Gasteiger partial charge in [-0.1, -0.05) is 30.6 Å². The number of rotatable bonds is 3. The molecule has 0 aromatic rings. The molecule has 5 aliphatic heterocycles. The monoisotopic (exact) mass is 735 g/mol. The van der Waals surface area contributed by atoms with Crippen molar-refractivity contribution in [1.29, 1.82) is 0 Å². The number of aliphatic hydroxyl groups is 2. The first-order chi connectivity index (χ1) is 25.5. The first-order valence-electron chi connectivity index (χ1n) is 21.0. The summed E-state index contributed by atoms with van der Waals surface area (Å²) in [4.78, 5) is 27.7. The predicted molar refractivity (Wildman–Crippen MR) is 196 cm³/mol. The molecule has 4 aliphatic carbocycles. The molecule has 16 unspecified atom stereocenters. The number of hydrogen-bond acceptors (Lipinski definition) is 10. The second-order valence-electron chi connectivity index (χ2n) is 18.8. The van der Waals surface area contributed by atoms with E-state index >= 15 is 0 Å². The van der Waals surface area contributed by atoms with Gasteiger partial charge in [0.2, 0.25) is 0 Å². The molecule has 16 atom stereocenters. The van der Waals surface area contributed by atoms with E-state index in [1.807, 2.05) is 6.92 Å². The number of esters is 1. The van der Waals surface area contributed by atoms with Crippen LogP contribution < -0.4 is 22.1 Å². The molecule has 7 fully saturated rings. The molecule has 0 aromatic heterocycles. The first-order valence-corrected chi connectivity index (χ1v) is 21.0. The fourth-order valence-corrected chi connectivity index (χ4v) is 13.5. The van der Waals surface area contributed by atoms with Crippen molar-refractivity contribution in [3.63, 3.8) is 0 Å². The van der Waals surface area contributed by atoms with Gasteiger partial charge in [-0.15, -0.1) is 0 Å². The number of carbonyl (C=O) groups is 2. The summed E-state index contributed by atoms with van der Waals surface area (Å²) in [6.07, 6.45) is 10.8. The molecule has 9 rings (SSSR count). The maximum absolute atomic E-state index is 13.9. The summed E-state index contributed by atoms with van der Waals surface area (Å²) in [5.41, 5.74) is 17.9. The van der Waals surface area contributed by atoms with Gasteiger partial charge >= 0.3 is 5.97 Å². The molecule has 9 aliphatic rings. The molecular formula is C42H63N4O7+. The van der Waals surface area contributed by atoms with Crippen LogP contribution in [0.3, 0.4) is 0 Å². The van der Waals surface area contributed by atoms with Crippen molar-refractivity contribution >= 4 is 11.8 Å². The van der Waals surface area contributed by atoms with Crippen LogP contribution in [0, 0.1) is 52.8 Å². The largest absolute Gasteiger partial charge is 0.456 e. The predicted octanol–water partition coefficient (Wildman–Crippen LogP) is 1.96. The van der Waals surface area contributed by atoms with Gasteiger partial charge in [0, 0.05) is 53.4 Å². The number of piperidine rings is 2. The van der Waals surface area contributed by atoms with Crippen LogP contribution >= 0.6 is 0 Å². The summed E-state index contributed by atoms with van der Waals surface area (Å²) in [7, 11) is 0. The highest BCUT2D eigenvalue weighted by molar-refractivity contribution is 5.88. The van der Waals surface area contributed by atoms with Crippen molar-refractivity contribution in [2.75, 3.05) is 19.7 Å². The van der Waals surface area contributed by atoms with Crippen LogP contribution in [-0.2, 0) is 23.8 Å². The van der Waals surface area contributed by atoms with Crippen LogP contribution in [0.4, 0.5) is 0 Å². The molecule has 2 saturated carbocycles. The topological polar surface area (TPSA) is 183 Å². The van der Waals surface area contributed by atoms with Crippen molar-refractivity contribution in [3.8, 4) is 0 Å². The average Bonchev–Trinajstić information content (AvgIpc) is 3.67. The number of carbonyl (C=O) groups excluding carboxylic acids is 2. The Morgan fingerprint density at radius 1 is 1.08 bits per heavy atom. The number of allylic oxidation sites excluding steroid dienone is 3. The van der Waals surface area contributed by atoms with Crippen LogP contribution in [0.1, 0.15) is 91.4 Å². The summed E-state index contributed by atoms with van der Waals surface area (Å²) in [6, 6.07) is 0. The second kappa shape index (κ2) is 13.6. The summed E-state index contributed by atoms with van der Waals surface area (Å²) >= 11 is 0.